The van der Waals surface area contributed by atoms with Crippen molar-refractivity contribution < 1.29 is 18.8 Å². The maximum atomic E-state index is 13.8. The molecule has 1 saturated carbocycles. The minimum absolute atomic E-state index is 0.0189. The van der Waals surface area contributed by atoms with E-state index in [9.17, 15) is 19.3 Å². The summed E-state index contributed by atoms with van der Waals surface area (Å²) in [4.78, 5) is 26.4. The summed E-state index contributed by atoms with van der Waals surface area (Å²) in [6, 6.07) is 2.59. The fourth-order valence-corrected chi connectivity index (χ4v) is 2.94. The molecular formula is C16H21FN4O4. The van der Waals surface area contributed by atoms with Crippen LogP contribution in [0.3, 0.4) is 0 Å². The summed E-state index contributed by atoms with van der Waals surface area (Å²) >= 11 is 0. The topological polar surface area (TPSA) is 88.0 Å². The molecule has 1 N–H and O–H groups in total. The molecule has 0 aromatic heterocycles. The van der Waals surface area contributed by atoms with Crippen molar-refractivity contribution in [1.82, 2.24) is 10.2 Å². The first-order chi connectivity index (χ1) is 12.0. The normalized spacial score (nSPS) is 18.1. The highest BCUT2D eigenvalue weighted by molar-refractivity contribution is 5.78. The molecule has 3 rings (SSSR count). The summed E-state index contributed by atoms with van der Waals surface area (Å²) in [6.45, 7) is 2.59. The fourth-order valence-electron chi connectivity index (χ4n) is 2.94. The first-order valence-electron chi connectivity index (χ1n) is 8.26. The molecule has 2 fully saturated rings. The number of methoxy groups -OCH3 is 1. The van der Waals surface area contributed by atoms with Crippen LogP contribution in [0, 0.1) is 15.9 Å². The van der Waals surface area contributed by atoms with Gasteiger partial charge in [-0.2, -0.15) is 0 Å². The first-order valence-corrected chi connectivity index (χ1v) is 8.26. The minimum atomic E-state index is -0.756. The largest absolute Gasteiger partial charge is 0.494 e. The SMILES string of the molecule is COc1cc(N2CCN(CC(=O)NC3CC3)CC2)c([N+](=O)[O-])cc1F. The predicted octanol–water partition coefficient (Wildman–Crippen LogP) is 1.14. The van der Waals surface area contributed by atoms with E-state index in [-0.39, 0.29) is 17.3 Å². The van der Waals surface area contributed by atoms with Gasteiger partial charge < -0.3 is 15.0 Å². The number of carbonyl (C=O) groups excluding carboxylic acids is 1. The number of nitro benzene ring substituents is 1. The number of piperazine rings is 1. The zero-order valence-corrected chi connectivity index (χ0v) is 14.0. The Morgan fingerprint density at radius 3 is 2.60 bits per heavy atom. The second-order valence-corrected chi connectivity index (χ2v) is 6.34. The van der Waals surface area contributed by atoms with Gasteiger partial charge in [0.1, 0.15) is 5.69 Å². The average molecular weight is 352 g/mol. The van der Waals surface area contributed by atoms with Crippen molar-refractivity contribution >= 4 is 17.3 Å². The lowest BCUT2D eigenvalue weighted by molar-refractivity contribution is -0.384. The van der Waals surface area contributed by atoms with Gasteiger partial charge in [-0.05, 0) is 12.8 Å². The molecule has 2 aliphatic rings. The van der Waals surface area contributed by atoms with Crippen molar-refractivity contribution in [3.63, 3.8) is 0 Å². The van der Waals surface area contributed by atoms with Gasteiger partial charge in [-0.3, -0.25) is 19.8 Å². The van der Waals surface area contributed by atoms with E-state index in [4.69, 9.17) is 4.74 Å². The average Bonchev–Trinajstić information content (AvgIpc) is 3.39. The molecule has 8 nitrogen and oxygen atoms in total. The van der Waals surface area contributed by atoms with Crippen LogP contribution in [-0.2, 0) is 4.79 Å². The van der Waals surface area contributed by atoms with E-state index in [1.165, 1.54) is 13.2 Å². The number of hydrogen-bond donors (Lipinski definition) is 1. The standard InChI is InChI=1S/C16H21FN4O4/c1-25-15-9-13(14(21(23)24)8-12(15)17)20-6-4-19(5-7-20)10-16(22)18-11-2-3-11/h8-9,11H,2-7,10H2,1H3,(H,18,22). The molecule has 0 bridgehead atoms. The summed E-state index contributed by atoms with van der Waals surface area (Å²) < 4.78 is 18.7. The van der Waals surface area contributed by atoms with Crippen LogP contribution in [0.1, 0.15) is 12.8 Å². The first kappa shape index (κ1) is 17.4. The Labute approximate surface area is 144 Å². The highest BCUT2D eigenvalue weighted by atomic mass is 19.1. The van der Waals surface area contributed by atoms with Crippen molar-refractivity contribution in [3.05, 3.63) is 28.1 Å². The van der Waals surface area contributed by atoms with Gasteiger partial charge in [0.15, 0.2) is 11.6 Å². The molecule has 0 radical (unpaired) electrons. The Bertz CT molecular complexity index is 672. The third kappa shape index (κ3) is 4.16. The molecule has 0 spiro atoms. The van der Waals surface area contributed by atoms with Gasteiger partial charge >= 0.3 is 0 Å². The van der Waals surface area contributed by atoms with Gasteiger partial charge in [0, 0.05) is 38.3 Å². The molecule has 25 heavy (non-hydrogen) atoms. The predicted molar refractivity (Wildman–Crippen MR) is 89.4 cm³/mol. The van der Waals surface area contributed by atoms with E-state index < -0.39 is 10.7 Å². The van der Waals surface area contributed by atoms with Crippen molar-refractivity contribution in [2.45, 2.75) is 18.9 Å². The van der Waals surface area contributed by atoms with Gasteiger partial charge in [-0.25, -0.2) is 4.39 Å². The van der Waals surface area contributed by atoms with Crippen molar-refractivity contribution in [2.24, 2.45) is 0 Å². The number of nitrogens with one attached hydrogen (secondary N) is 1. The third-order valence-corrected chi connectivity index (χ3v) is 4.47. The summed E-state index contributed by atoms with van der Waals surface area (Å²) in [5.41, 5.74) is 0.0589. The summed E-state index contributed by atoms with van der Waals surface area (Å²) in [7, 11) is 1.32. The molecule has 0 atom stereocenters. The molecule has 1 aliphatic carbocycles. The third-order valence-electron chi connectivity index (χ3n) is 4.47. The van der Waals surface area contributed by atoms with Gasteiger partial charge in [-0.1, -0.05) is 0 Å². The number of benzene rings is 1. The number of amides is 1. The van der Waals surface area contributed by atoms with Crippen LogP contribution in [0.15, 0.2) is 12.1 Å². The van der Waals surface area contributed by atoms with Crippen LogP contribution in [0.5, 0.6) is 5.75 Å². The number of hydrogen-bond acceptors (Lipinski definition) is 6. The van der Waals surface area contributed by atoms with Gasteiger partial charge in [0.25, 0.3) is 5.69 Å². The molecule has 1 aromatic rings. The van der Waals surface area contributed by atoms with E-state index in [1.807, 2.05) is 9.80 Å². The number of rotatable bonds is 6. The van der Waals surface area contributed by atoms with Crippen LogP contribution in [-0.4, -0.2) is 61.6 Å². The van der Waals surface area contributed by atoms with Crippen LogP contribution in [0.25, 0.3) is 0 Å². The Morgan fingerprint density at radius 2 is 2.04 bits per heavy atom. The quantitative estimate of drug-likeness (QED) is 0.610. The van der Waals surface area contributed by atoms with Crippen LogP contribution < -0.4 is 15.0 Å². The van der Waals surface area contributed by atoms with Gasteiger partial charge in [0.2, 0.25) is 5.91 Å². The molecular weight excluding hydrogens is 331 g/mol. The molecule has 1 aromatic carbocycles. The van der Waals surface area contributed by atoms with Crippen LogP contribution in [0.2, 0.25) is 0 Å². The van der Waals surface area contributed by atoms with E-state index >= 15 is 0 Å². The highest BCUT2D eigenvalue weighted by Gasteiger charge is 2.28. The minimum Gasteiger partial charge on any atom is -0.494 e. The number of ether oxygens (including phenoxy) is 1. The van der Waals surface area contributed by atoms with Crippen LogP contribution in [0.4, 0.5) is 15.8 Å². The zero-order valence-electron chi connectivity index (χ0n) is 14.0. The zero-order chi connectivity index (χ0) is 18.0. The maximum Gasteiger partial charge on any atom is 0.295 e. The summed E-state index contributed by atoms with van der Waals surface area (Å²) in [5.74, 6) is -0.759. The molecule has 1 amide bonds. The summed E-state index contributed by atoms with van der Waals surface area (Å²) in [5, 5.41) is 14.2. The molecule has 1 saturated heterocycles. The van der Waals surface area contributed by atoms with E-state index in [0.29, 0.717) is 44.5 Å². The number of anilines is 1. The number of carbonyl (C=O) groups is 1. The molecule has 136 valence electrons. The fraction of sp³-hybridized carbons (Fsp3) is 0.562. The monoisotopic (exact) mass is 352 g/mol. The highest BCUT2D eigenvalue weighted by Crippen LogP contribution is 2.35. The van der Waals surface area contributed by atoms with Gasteiger partial charge in [-0.15, -0.1) is 0 Å². The van der Waals surface area contributed by atoms with Crippen molar-refractivity contribution in [1.29, 1.82) is 0 Å². The van der Waals surface area contributed by atoms with Gasteiger partial charge in [0.05, 0.1) is 24.6 Å². The van der Waals surface area contributed by atoms with Crippen LogP contribution >= 0.6 is 0 Å². The van der Waals surface area contributed by atoms with Crippen molar-refractivity contribution in [3.8, 4) is 5.75 Å². The lowest BCUT2D eigenvalue weighted by atomic mass is 10.2. The Kier molecular flexibility index (Phi) is 5.03. The number of nitrogens with zero attached hydrogens (tertiary/aromatic N) is 3. The molecule has 1 aliphatic heterocycles. The second kappa shape index (κ2) is 7.22. The smallest absolute Gasteiger partial charge is 0.295 e. The van der Waals surface area contributed by atoms with E-state index in [1.54, 1.807) is 0 Å². The maximum absolute atomic E-state index is 13.8. The van der Waals surface area contributed by atoms with E-state index in [0.717, 1.165) is 18.9 Å². The second-order valence-electron chi connectivity index (χ2n) is 6.34. The van der Waals surface area contributed by atoms with E-state index in [2.05, 4.69) is 5.32 Å². The Morgan fingerprint density at radius 1 is 1.36 bits per heavy atom. The number of nitro groups is 1. The number of halogens is 1. The summed E-state index contributed by atoms with van der Waals surface area (Å²) in [6.07, 6.45) is 2.10. The van der Waals surface area contributed by atoms with Crippen molar-refractivity contribution in [2.75, 3.05) is 44.7 Å². The lowest BCUT2D eigenvalue weighted by Crippen LogP contribution is -2.49. The lowest BCUT2D eigenvalue weighted by Gasteiger charge is -2.35. The molecule has 9 heteroatoms. The Balaban J connectivity index is 1.65. The Hall–Kier alpha value is -2.42. The molecule has 1 heterocycles. The molecule has 0 unspecified atom stereocenters.